The molecule has 36 heavy (non-hydrogen) atoms. The van der Waals surface area contributed by atoms with Crippen molar-refractivity contribution in [3.8, 4) is 0 Å². The fraction of sp³-hybridized carbons (Fsp3) is 0.0714. The molecule has 8 nitrogen and oxygen atoms in total. The van der Waals surface area contributed by atoms with Crippen molar-refractivity contribution in [2.75, 3.05) is 4.90 Å². The van der Waals surface area contributed by atoms with Gasteiger partial charge >= 0.3 is 0 Å². The molecule has 6 rings (SSSR count). The SMILES string of the molecule is O=C(NC1N=C(c2ccccc2)c2ccccc2N(Cc2cc[nH]n2)C1=O)c1cc2ccccc2[nH]1. The first-order chi connectivity index (χ1) is 17.7. The van der Waals surface area contributed by atoms with Gasteiger partial charge in [-0.15, -0.1) is 0 Å². The van der Waals surface area contributed by atoms with Gasteiger partial charge in [-0.05, 0) is 24.3 Å². The average molecular weight is 475 g/mol. The van der Waals surface area contributed by atoms with E-state index in [0.29, 0.717) is 22.8 Å². The largest absolute Gasteiger partial charge is 0.351 e. The number of fused-ring (bicyclic) bond motifs is 2. The van der Waals surface area contributed by atoms with Crippen LogP contribution in [0.15, 0.2) is 102 Å². The maximum atomic E-state index is 13.9. The van der Waals surface area contributed by atoms with E-state index in [1.807, 2.05) is 84.9 Å². The summed E-state index contributed by atoms with van der Waals surface area (Å²) in [6, 6.07) is 28.5. The highest BCUT2D eigenvalue weighted by Crippen LogP contribution is 2.29. The lowest BCUT2D eigenvalue weighted by molar-refractivity contribution is -0.120. The molecule has 0 bridgehead atoms. The van der Waals surface area contributed by atoms with Gasteiger partial charge < -0.3 is 15.2 Å². The Morgan fingerprint density at radius 2 is 1.72 bits per heavy atom. The number of carbonyl (C=O) groups excluding carboxylic acids is 2. The van der Waals surface area contributed by atoms with E-state index >= 15 is 0 Å². The first-order valence-corrected chi connectivity index (χ1v) is 11.6. The molecule has 2 amide bonds. The minimum Gasteiger partial charge on any atom is -0.351 e. The zero-order chi connectivity index (χ0) is 24.5. The molecule has 0 spiro atoms. The molecule has 0 fully saturated rings. The molecule has 8 heteroatoms. The van der Waals surface area contributed by atoms with E-state index in [0.717, 1.165) is 22.0 Å². The first-order valence-electron chi connectivity index (χ1n) is 11.6. The number of aromatic amines is 2. The van der Waals surface area contributed by atoms with Gasteiger partial charge in [-0.1, -0.05) is 66.7 Å². The lowest BCUT2D eigenvalue weighted by atomic mass is 10.0. The third kappa shape index (κ3) is 3.94. The van der Waals surface area contributed by atoms with Crippen molar-refractivity contribution in [3.63, 3.8) is 0 Å². The Hall–Kier alpha value is -4.98. The molecule has 0 radical (unpaired) electrons. The summed E-state index contributed by atoms with van der Waals surface area (Å²) in [7, 11) is 0. The normalized spacial score (nSPS) is 15.3. The molecule has 0 saturated heterocycles. The average Bonchev–Trinajstić information content (AvgIpc) is 3.58. The van der Waals surface area contributed by atoms with Crippen molar-refractivity contribution in [3.05, 3.63) is 120 Å². The fourth-order valence-electron chi connectivity index (χ4n) is 4.45. The monoisotopic (exact) mass is 474 g/mol. The van der Waals surface area contributed by atoms with Gasteiger partial charge in [-0.3, -0.25) is 14.7 Å². The Morgan fingerprint density at radius 1 is 0.944 bits per heavy atom. The highest BCUT2D eigenvalue weighted by molar-refractivity contribution is 6.20. The molecule has 0 saturated carbocycles. The number of amides is 2. The molecule has 1 aliphatic rings. The second-order valence-electron chi connectivity index (χ2n) is 8.50. The zero-order valence-corrected chi connectivity index (χ0v) is 19.2. The molecule has 3 heterocycles. The van der Waals surface area contributed by atoms with E-state index in [2.05, 4.69) is 20.5 Å². The molecular weight excluding hydrogens is 452 g/mol. The summed E-state index contributed by atoms with van der Waals surface area (Å²) in [5, 5.41) is 10.8. The number of anilines is 1. The smallest absolute Gasteiger partial charge is 0.272 e. The predicted molar refractivity (Wildman–Crippen MR) is 138 cm³/mol. The Bertz CT molecular complexity index is 1550. The van der Waals surface area contributed by atoms with Gasteiger partial charge in [0.15, 0.2) is 0 Å². The van der Waals surface area contributed by atoms with Crippen LogP contribution >= 0.6 is 0 Å². The Labute approximate surface area is 206 Å². The van der Waals surface area contributed by atoms with E-state index in [9.17, 15) is 9.59 Å². The van der Waals surface area contributed by atoms with E-state index in [1.54, 1.807) is 17.2 Å². The van der Waals surface area contributed by atoms with Crippen molar-refractivity contribution in [2.45, 2.75) is 12.7 Å². The second-order valence-corrected chi connectivity index (χ2v) is 8.50. The number of aliphatic imine (C=N–C) groups is 1. The van der Waals surface area contributed by atoms with Crippen LogP contribution in [0.3, 0.4) is 0 Å². The quantitative estimate of drug-likeness (QED) is 0.358. The van der Waals surface area contributed by atoms with Crippen LogP contribution in [-0.4, -0.2) is 38.9 Å². The van der Waals surface area contributed by atoms with E-state index in [4.69, 9.17) is 4.99 Å². The van der Waals surface area contributed by atoms with E-state index in [-0.39, 0.29) is 12.5 Å². The van der Waals surface area contributed by atoms with E-state index in [1.165, 1.54) is 0 Å². The molecule has 5 aromatic rings. The summed E-state index contributed by atoms with van der Waals surface area (Å²) >= 11 is 0. The number of nitrogens with zero attached hydrogens (tertiary/aromatic N) is 3. The number of H-pyrrole nitrogens is 2. The Morgan fingerprint density at radius 3 is 2.53 bits per heavy atom. The maximum absolute atomic E-state index is 13.9. The van der Waals surface area contributed by atoms with Gasteiger partial charge in [0.1, 0.15) is 5.69 Å². The summed E-state index contributed by atoms with van der Waals surface area (Å²) in [4.78, 5) is 36.8. The topological polar surface area (TPSA) is 106 Å². The summed E-state index contributed by atoms with van der Waals surface area (Å²) in [5.41, 5.74) is 4.89. The zero-order valence-electron chi connectivity index (χ0n) is 19.2. The van der Waals surface area contributed by atoms with Crippen LogP contribution < -0.4 is 10.2 Å². The number of hydrogen-bond acceptors (Lipinski definition) is 4. The van der Waals surface area contributed by atoms with Crippen molar-refractivity contribution in [1.82, 2.24) is 20.5 Å². The van der Waals surface area contributed by atoms with Gasteiger partial charge in [-0.2, -0.15) is 5.10 Å². The predicted octanol–water partition coefficient (Wildman–Crippen LogP) is 4.03. The number of para-hydroxylation sites is 2. The highest BCUT2D eigenvalue weighted by atomic mass is 16.2. The van der Waals surface area contributed by atoms with Crippen molar-refractivity contribution >= 4 is 34.1 Å². The number of aromatic nitrogens is 3. The van der Waals surface area contributed by atoms with E-state index < -0.39 is 12.1 Å². The van der Waals surface area contributed by atoms with Crippen molar-refractivity contribution in [2.24, 2.45) is 4.99 Å². The molecule has 3 N–H and O–H groups in total. The summed E-state index contributed by atoms with van der Waals surface area (Å²) < 4.78 is 0. The van der Waals surface area contributed by atoms with Crippen LogP contribution in [-0.2, 0) is 11.3 Å². The van der Waals surface area contributed by atoms with Gasteiger partial charge in [0.2, 0.25) is 6.17 Å². The molecule has 0 aliphatic carbocycles. The highest BCUT2D eigenvalue weighted by Gasteiger charge is 2.33. The molecule has 1 unspecified atom stereocenters. The summed E-state index contributed by atoms with van der Waals surface area (Å²) in [5.74, 6) is -0.757. The first kappa shape index (κ1) is 21.5. The summed E-state index contributed by atoms with van der Waals surface area (Å²) in [6.45, 7) is 0.232. The molecular formula is C28H22N6O2. The van der Waals surface area contributed by atoms with Crippen LogP contribution in [0, 0.1) is 0 Å². The molecule has 1 atom stereocenters. The van der Waals surface area contributed by atoms with Gasteiger partial charge in [0, 0.05) is 28.2 Å². The summed E-state index contributed by atoms with van der Waals surface area (Å²) in [6.07, 6.45) is 0.579. The molecule has 2 aromatic heterocycles. The lowest BCUT2D eigenvalue weighted by Crippen LogP contribution is -2.47. The Balaban J connectivity index is 1.44. The molecule has 1 aliphatic heterocycles. The van der Waals surface area contributed by atoms with Crippen LogP contribution in [0.4, 0.5) is 5.69 Å². The second kappa shape index (κ2) is 8.99. The van der Waals surface area contributed by atoms with Gasteiger partial charge in [0.25, 0.3) is 11.8 Å². The number of nitrogens with one attached hydrogen (secondary N) is 3. The van der Waals surface area contributed by atoms with Crippen molar-refractivity contribution < 1.29 is 9.59 Å². The number of hydrogen-bond donors (Lipinski definition) is 3. The van der Waals surface area contributed by atoms with Crippen LogP contribution in [0.1, 0.15) is 27.3 Å². The minimum absolute atomic E-state index is 0.232. The van der Waals surface area contributed by atoms with Crippen LogP contribution in [0.2, 0.25) is 0 Å². The Kier molecular flexibility index (Phi) is 5.38. The van der Waals surface area contributed by atoms with Gasteiger partial charge in [-0.25, -0.2) is 4.99 Å². The van der Waals surface area contributed by atoms with Crippen molar-refractivity contribution in [1.29, 1.82) is 0 Å². The third-order valence-corrected chi connectivity index (χ3v) is 6.18. The number of benzene rings is 3. The molecule has 176 valence electrons. The number of carbonyl (C=O) groups is 2. The number of rotatable bonds is 5. The standard InChI is InChI=1S/C28H22N6O2/c35-27(23-16-19-10-4-6-12-22(19)30-23)32-26-28(36)34(17-20-14-15-29-33-20)24-13-7-5-11-21(24)25(31-26)18-8-2-1-3-9-18/h1-16,26,30H,17H2,(H,29,33)(H,32,35). The maximum Gasteiger partial charge on any atom is 0.272 e. The van der Waals surface area contributed by atoms with Crippen LogP contribution in [0.5, 0.6) is 0 Å². The third-order valence-electron chi connectivity index (χ3n) is 6.18. The number of benzodiazepines with no additional fused rings is 1. The minimum atomic E-state index is -1.13. The lowest BCUT2D eigenvalue weighted by Gasteiger charge is -2.24. The van der Waals surface area contributed by atoms with Gasteiger partial charge in [0.05, 0.1) is 23.6 Å². The fourth-order valence-corrected chi connectivity index (χ4v) is 4.45. The van der Waals surface area contributed by atoms with Crippen LogP contribution in [0.25, 0.3) is 10.9 Å². The molecule has 3 aromatic carbocycles.